The maximum absolute atomic E-state index is 8.96. The largest absolute Gasteiger partial charge is 0.395 e. The molecule has 1 unspecified atom stereocenters. The lowest BCUT2D eigenvalue weighted by molar-refractivity contribution is 0.300. The highest BCUT2D eigenvalue weighted by Crippen LogP contribution is 2.20. The molecule has 17 heavy (non-hydrogen) atoms. The van der Waals surface area contributed by atoms with Crippen LogP contribution in [0.4, 0.5) is 0 Å². The predicted molar refractivity (Wildman–Crippen MR) is 73.2 cm³/mol. The van der Waals surface area contributed by atoms with Gasteiger partial charge in [0.1, 0.15) is 0 Å². The van der Waals surface area contributed by atoms with Gasteiger partial charge in [-0.05, 0) is 24.1 Å². The van der Waals surface area contributed by atoms with Crippen molar-refractivity contribution in [3.05, 3.63) is 23.9 Å². The Morgan fingerprint density at radius 1 is 1.35 bits per heavy atom. The van der Waals surface area contributed by atoms with E-state index in [4.69, 9.17) is 5.11 Å². The van der Waals surface area contributed by atoms with E-state index in [0.29, 0.717) is 5.92 Å². The number of rotatable bonds is 7. The monoisotopic (exact) mass is 254 g/mol. The molecule has 0 radical (unpaired) electrons. The van der Waals surface area contributed by atoms with Crippen LogP contribution in [0.15, 0.2) is 23.4 Å². The minimum Gasteiger partial charge on any atom is -0.395 e. The summed E-state index contributed by atoms with van der Waals surface area (Å²) in [6.45, 7) is 8.46. The second kappa shape index (κ2) is 7.69. The molecule has 1 aromatic rings. The lowest BCUT2D eigenvalue weighted by Gasteiger charge is -2.09. The van der Waals surface area contributed by atoms with Crippen molar-refractivity contribution in [2.75, 3.05) is 13.2 Å². The van der Waals surface area contributed by atoms with E-state index in [2.05, 4.69) is 30.2 Å². The molecule has 0 aliphatic carbocycles. The normalized spacial score (nSPS) is 13.0. The quantitative estimate of drug-likeness (QED) is 0.733. The highest BCUT2D eigenvalue weighted by atomic mass is 32.2. The summed E-state index contributed by atoms with van der Waals surface area (Å²) in [6.07, 6.45) is 1.90. The van der Waals surface area contributed by atoms with Gasteiger partial charge in [-0.25, -0.2) is 4.98 Å². The van der Waals surface area contributed by atoms with Crippen molar-refractivity contribution in [2.45, 2.75) is 37.6 Å². The molecule has 1 atom stereocenters. The van der Waals surface area contributed by atoms with Crippen LogP contribution in [0, 0.1) is 5.92 Å². The van der Waals surface area contributed by atoms with E-state index in [-0.39, 0.29) is 11.9 Å². The third-order valence-corrected chi connectivity index (χ3v) is 3.29. The molecule has 0 spiro atoms. The van der Waals surface area contributed by atoms with Crippen LogP contribution in [-0.2, 0) is 6.54 Å². The summed E-state index contributed by atoms with van der Waals surface area (Å²) < 4.78 is 0. The third-order valence-electron chi connectivity index (χ3n) is 2.26. The van der Waals surface area contributed by atoms with Crippen molar-refractivity contribution in [3.63, 3.8) is 0 Å². The van der Waals surface area contributed by atoms with Gasteiger partial charge < -0.3 is 10.4 Å². The van der Waals surface area contributed by atoms with Crippen LogP contribution in [0.3, 0.4) is 0 Å². The number of aromatic nitrogens is 1. The van der Waals surface area contributed by atoms with E-state index in [1.165, 1.54) is 5.56 Å². The molecule has 0 fully saturated rings. The average molecular weight is 254 g/mol. The zero-order chi connectivity index (χ0) is 12.7. The van der Waals surface area contributed by atoms with E-state index in [1.54, 1.807) is 11.8 Å². The molecule has 2 N–H and O–H groups in total. The molecule has 0 bridgehead atoms. The van der Waals surface area contributed by atoms with Gasteiger partial charge in [-0.3, -0.25) is 0 Å². The van der Waals surface area contributed by atoms with E-state index in [1.807, 2.05) is 19.2 Å². The highest BCUT2D eigenvalue weighted by molar-refractivity contribution is 7.99. The summed E-state index contributed by atoms with van der Waals surface area (Å²) in [5.41, 5.74) is 1.20. The topological polar surface area (TPSA) is 45.1 Å². The van der Waals surface area contributed by atoms with Crippen LogP contribution in [-0.4, -0.2) is 28.5 Å². The second-order valence-corrected chi connectivity index (χ2v) is 6.10. The van der Waals surface area contributed by atoms with E-state index in [0.717, 1.165) is 18.1 Å². The highest BCUT2D eigenvalue weighted by Gasteiger charge is 2.03. The zero-order valence-electron chi connectivity index (χ0n) is 10.8. The average Bonchev–Trinajstić information content (AvgIpc) is 2.31. The molecule has 4 heteroatoms. The number of aliphatic hydroxyl groups excluding tert-OH is 1. The van der Waals surface area contributed by atoms with Crippen molar-refractivity contribution in [1.82, 2.24) is 10.3 Å². The molecular formula is C13H22N2OS. The summed E-state index contributed by atoms with van der Waals surface area (Å²) in [5.74, 6) is 0.670. The van der Waals surface area contributed by atoms with Gasteiger partial charge in [-0.1, -0.05) is 26.8 Å². The first-order valence-corrected chi connectivity index (χ1v) is 6.93. The molecule has 0 amide bonds. The SMILES string of the molecule is CC(C)CNCc1ccc(SC(C)CO)nc1. The van der Waals surface area contributed by atoms with E-state index in [9.17, 15) is 0 Å². The Morgan fingerprint density at radius 2 is 2.12 bits per heavy atom. The van der Waals surface area contributed by atoms with Crippen LogP contribution in [0.5, 0.6) is 0 Å². The minimum atomic E-state index is 0.185. The Kier molecular flexibility index (Phi) is 6.55. The summed E-state index contributed by atoms with van der Waals surface area (Å²) in [6, 6.07) is 4.11. The van der Waals surface area contributed by atoms with Gasteiger partial charge in [0, 0.05) is 18.0 Å². The first kappa shape index (κ1) is 14.5. The smallest absolute Gasteiger partial charge is 0.0963 e. The van der Waals surface area contributed by atoms with E-state index >= 15 is 0 Å². The maximum atomic E-state index is 8.96. The number of hydrogen-bond donors (Lipinski definition) is 2. The molecular weight excluding hydrogens is 232 g/mol. The lowest BCUT2D eigenvalue weighted by atomic mass is 10.2. The molecule has 96 valence electrons. The van der Waals surface area contributed by atoms with Gasteiger partial charge in [-0.15, -0.1) is 11.8 Å². The number of hydrogen-bond acceptors (Lipinski definition) is 4. The Morgan fingerprint density at radius 3 is 2.65 bits per heavy atom. The number of nitrogens with one attached hydrogen (secondary N) is 1. The van der Waals surface area contributed by atoms with Gasteiger partial charge in [0.2, 0.25) is 0 Å². The van der Waals surface area contributed by atoms with Crippen LogP contribution in [0.25, 0.3) is 0 Å². The van der Waals surface area contributed by atoms with Crippen LogP contribution < -0.4 is 5.32 Å². The van der Waals surface area contributed by atoms with Crippen LogP contribution in [0.1, 0.15) is 26.3 Å². The van der Waals surface area contributed by atoms with Crippen molar-refractivity contribution < 1.29 is 5.11 Å². The summed E-state index contributed by atoms with van der Waals surface area (Å²) in [4.78, 5) is 4.38. The van der Waals surface area contributed by atoms with Crippen molar-refractivity contribution in [3.8, 4) is 0 Å². The van der Waals surface area contributed by atoms with Gasteiger partial charge in [0.05, 0.1) is 11.6 Å². The van der Waals surface area contributed by atoms with Crippen molar-refractivity contribution >= 4 is 11.8 Å². The molecule has 1 rings (SSSR count). The standard InChI is InChI=1S/C13H22N2OS/c1-10(2)6-14-7-12-4-5-13(15-8-12)17-11(3)9-16/h4-5,8,10-11,14,16H,6-7,9H2,1-3H3. The second-order valence-electron chi connectivity index (χ2n) is 4.64. The molecule has 0 aliphatic rings. The molecule has 0 saturated carbocycles. The number of nitrogens with zero attached hydrogens (tertiary/aromatic N) is 1. The molecule has 1 heterocycles. The maximum Gasteiger partial charge on any atom is 0.0963 e. The first-order chi connectivity index (χ1) is 8.11. The number of aliphatic hydroxyl groups is 1. The summed E-state index contributed by atoms with van der Waals surface area (Å²) in [7, 11) is 0. The van der Waals surface area contributed by atoms with Crippen LogP contribution in [0.2, 0.25) is 0 Å². The fraction of sp³-hybridized carbons (Fsp3) is 0.615. The van der Waals surface area contributed by atoms with Gasteiger partial charge >= 0.3 is 0 Å². The number of thioether (sulfide) groups is 1. The fourth-order valence-corrected chi connectivity index (χ4v) is 2.08. The van der Waals surface area contributed by atoms with Gasteiger partial charge in [-0.2, -0.15) is 0 Å². The first-order valence-electron chi connectivity index (χ1n) is 6.05. The summed E-state index contributed by atoms with van der Waals surface area (Å²) in [5, 5.41) is 13.5. The summed E-state index contributed by atoms with van der Waals surface area (Å²) >= 11 is 1.60. The minimum absolute atomic E-state index is 0.185. The Labute approximate surface area is 108 Å². The lowest BCUT2D eigenvalue weighted by Crippen LogP contribution is -2.19. The van der Waals surface area contributed by atoms with Gasteiger partial charge in [0.15, 0.2) is 0 Å². The number of pyridine rings is 1. The van der Waals surface area contributed by atoms with E-state index < -0.39 is 0 Å². The Bertz CT molecular complexity index is 314. The molecule has 0 saturated heterocycles. The van der Waals surface area contributed by atoms with Gasteiger partial charge in [0.25, 0.3) is 0 Å². The molecule has 3 nitrogen and oxygen atoms in total. The fourth-order valence-electron chi connectivity index (χ4n) is 1.33. The molecule has 1 aromatic heterocycles. The Balaban J connectivity index is 2.39. The van der Waals surface area contributed by atoms with Crippen LogP contribution >= 0.6 is 11.8 Å². The zero-order valence-corrected chi connectivity index (χ0v) is 11.6. The third kappa shape index (κ3) is 6.05. The Hall–Kier alpha value is -0.580. The predicted octanol–water partition coefficient (Wildman–Crippen LogP) is 2.30. The van der Waals surface area contributed by atoms with Crippen molar-refractivity contribution in [2.24, 2.45) is 5.92 Å². The molecule has 0 aliphatic heterocycles. The molecule has 0 aromatic carbocycles. The van der Waals surface area contributed by atoms with Crippen molar-refractivity contribution in [1.29, 1.82) is 0 Å².